The maximum Gasteiger partial charge on any atom is 0.315 e. The van der Waals surface area contributed by atoms with Crippen molar-refractivity contribution in [1.82, 2.24) is 10.6 Å². The van der Waals surface area contributed by atoms with Gasteiger partial charge in [-0.25, -0.2) is 9.18 Å². The normalized spacial score (nSPS) is 11.1. The zero-order valence-electron chi connectivity index (χ0n) is 16.6. The molecule has 5 nitrogen and oxygen atoms in total. The van der Waals surface area contributed by atoms with Gasteiger partial charge in [0, 0.05) is 18.5 Å². The summed E-state index contributed by atoms with van der Waals surface area (Å²) < 4.78 is 24.8. The highest BCUT2D eigenvalue weighted by atomic mass is 35.5. The number of methoxy groups -OCH3 is 1. The van der Waals surface area contributed by atoms with E-state index in [9.17, 15) is 9.18 Å². The van der Waals surface area contributed by atoms with Crippen LogP contribution >= 0.6 is 11.6 Å². The van der Waals surface area contributed by atoms with Gasteiger partial charge in [0.1, 0.15) is 5.82 Å². The maximum atomic E-state index is 14.0. The number of amides is 2. The van der Waals surface area contributed by atoms with Crippen LogP contribution in [0.25, 0.3) is 0 Å². The van der Waals surface area contributed by atoms with E-state index in [0.717, 1.165) is 5.56 Å². The summed E-state index contributed by atoms with van der Waals surface area (Å²) in [6.07, 6.45) is 0. The Morgan fingerprint density at radius 2 is 1.93 bits per heavy atom. The summed E-state index contributed by atoms with van der Waals surface area (Å²) in [6, 6.07) is 9.70. The number of ether oxygens (including phenoxy) is 2. The Labute approximate surface area is 170 Å². The summed E-state index contributed by atoms with van der Waals surface area (Å²) in [4.78, 5) is 12.2. The molecule has 0 bridgehead atoms. The lowest BCUT2D eigenvalue weighted by molar-refractivity contribution is 0.237. The average molecular weight is 409 g/mol. The van der Waals surface area contributed by atoms with E-state index in [1.807, 2.05) is 20.8 Å². The fourth-order valence-electron chi connectivity index (χ4n) is 2.81. The summed E-state index contributed by atoms with van der Waals surface area (Å²) >= 11 is 6.24. The van der Waals surface area contributed by atoms with Crippen LogP contribution in [0, 0.1) is 5.82 Å². The maximum absolute atomic E-state index is 14.0. The molecule has 0 saturated carbocycles. The van der Waals surface area contributed by atoms with E-state index in [1.165, 1.54) is 13.2 Å². The van der Waals surface area contributed by atoms with Crippen molar-refractivity contribution < 1.29 is 18.7 Å². The van der Waals surface area contributed by atoms with Crippen LogP contribution in [-0.2, 0) is 12.0 Å². The van der Waals surface area contributed by atoms with Crippen molar-refractivity contribution in [2.75, 3.05) is 20.3 Å². The summed E-state index contributed by atoms with van der Waals surface area (Å²) in [6.45, 7) is 6.62. The van der Waals surface area contributed by atoms with Crippen LogP contribution in [0.1, 0.15) is 31.9 Å². The molecule has 0 unspecified atom stereocenters. The number of hydrogen-bond donors (Lipinski definition) is 2. The van der Waals surface area contributed by atoms with Gasteiger partial charge in [0.15, 0.2) is 11.5 Å². The Bertz CT molecular complexity index is 827. The largest absolute Gasteiger partial charge is 0.493 e. The Morgan fingerprint density at radius 1 is 1.21 bits per heavy atom. The van der Waals surface area contributed by atoms with Gasteiger partial charge >= 0.3 is 6.03 Å². The lowest BCUT2D eigenvalue weighted by Crippen LogP contribution is -2.42. The molecule has 2 amide bonds. The van der Waals surface area contributed by atoms with Crippen molar-refractivity contribution >= 4 is 17.6 Å². The van der Waals surface area contributed by atoms with Crippen LogP contribution in [0.5, 0.6) is 11.5 Å². The number of halogens is 2. The van der Waals surface area contributed by atoms with Gasteiger partial charge in [-0.1, -0.05) is 43.6 Å². The van der Waals surface area contributed by atoms with Crippen molar-refractivity contribution in [3.8, 4) is 11.5 Å². The van der Waals surface area contributed by atoms with Gasteiger partial charge in [-0.15, -0.1) is 0 Å². The monoisotopic (exact) mass is 408 g/mol. The van der Waals surface area contributed by atoms with Crippen LogP contribution in [-0.4, -0.2) is 26.3 Å². The number of urea groups is 1. The Hall–Kier alpha value is -2.47. The minimum absolute atomic E-state index is 0.258. The quantitative estimate of drug-likeness (QED) is 0.667. The van der Waals surface area contributed by atoms with E-state index >= 15 is 0 Å². The third kappa shape index (κ3) is 5.52. The molecular formula is C21H26ClFN2O3. The highest BCUT2D eigenvalue weighted by Gasteiger charge is 2.24. The molecule has 0 fully saturated rings. The zero-order chi connectivity index (χ0) is 20.7. The Balaban J connectivity index is 1.95. The minimum atomic E-state index is -0.547. The molecule has 0 aliphatic rings. The van der Waals surface area contributed by atoms with E-state index < -0.39 is 5.41 Å². The molecule has 2 rings (SSSR count). The number of carbonyl (C=O) groups excluding carboxylic acids is 1. The number of benzene rings is 2. The second-order valence-corrected chi connectivity index (χ2v) is 7.35. The SMILES string of the molecule is CCOc1c(Cl)cc(CNC(=O)NCC(C)(C)c2ccccc2F)cc1OC. The molecular weight excluding hydrogens is 383 g/mol. The lowest BCUT2D eigenvalue weighted by Gasteiger charge is -2.26. The fourth-order valence-corrected chi connectivity index (χ4v) is 3.10. The first-order chi connectivity index (χ1) is 13.3. The Morgan fingerprint density at radius 3 is 2.57 bits per heavy atom. The van der Waals surface area contributed by atoms with Gasteiger partial charge in [0.05, 0.1) is 18.7 Å². The van der Waals surface area contributed by atoms with Gasteiger partial charge < -0.3 is 20.1 Å². The summed E-state index contributed by atoms with van der Waals surface area (Å²) in [5.74, 6) is 0.699. The topological polar surface area (TPSA) is 59.6 Å². The second kappa shape index (κ2) is 9.64. The van der Waals surface area contributed by atoms with E-state index in [0.29, 0.717) is 28.7 Å². The van der Waals surface area contributed by atoms with Crippen molar-refractivity contribution in [2.24, 2.45) is 0 Å². The Kier molecular flexibility index (Phi) is 7.52. The molecule has 0 atom stereocenters. The second-order valence-electron chi connectivity index (χ2n) is 6.94. The first-order valence-corrected chi connectivity index (χ1v) is 9.42. The highest BCUT2D eigenvalue weighted by molar-refractivity contribution is 6.32. The predicted molar refractivity (Wildman–Crippen MR) is 109 cm³/mol. The summed E-state index contributed by atoms with van der Waals surface area (Å²) in [5, 5.41) is 5.97. The van der Waals surface area contributed by atoms with Crippen molar-refractivity contribution in [2.45, 2.75) is 32.7 Å². The molecule has 2 aromatic carbocycles. The van der Waals surface area contributed by atoms with Gasteiger partial charge in [-0.05, 0) is 36.2 Å². The zero-order valence-corrected chi connectivity index (χ0v) is 17.3. The fraction of sp³-hybridized carbons (Fsp3) is 0.381. The number of rotatable bonds is 8. The van der Waals surface area contributed by atoms with Crippen molar-refractivity contribution in [3.05, 3.63) is 58.4 Å². The van der Waals surface area contributed by atoms with E-state index in [2.05, 4.69) is 10.6 Å². The molecule has 152 valence electrons. The number of nitrogens with one attached hydrogen (secondary N) is 2. The van der Waals surface area contributed by atoms with Crippen molar-refractivity contribution in [1.29, 1.82) is 0 Å². The number of carbonyl (C=O) groups is 1. The molecule has 28 heavy (non-hydrogen) atoms. The van der Waals surface area contributed by atoms with Gasteiger partial charge in [0.25, 0.3) is 0 Å². The molecule has 0 aromatic heterocycles. The molecule has 2 aromatic rings. The molecule has 2 N–H and O–H groups in total. The molecule has 0 saturated heterocycles. The van der Waals surface area contributed by atoms with Gasteiger partial charge in [0.2, 0.25) is 0 Å². The number of hydrogen-bond acceptors (Lipinski definition) is 3. The molecule has 0 spiro atoms. The predicted octanol–water partition coefficient (Wildman–Crippen LogP) is 4.66. The highest BCUT2D eigenvalue weighted by Crippen LogP contribution is 2.36. The minimum Gasteiger partial charge on any atom is -0.493 e. The smallest absolute Gasteiger partial charge is 0.315 e. The lowest BCUT2D eigenvalue weighted by atomic mass is 9.84. The van der Waals surface area contributed by atoms with Gasteiger partial charge in [-0.2, -0.15) is 0 Å². The molecule has 0 aliphatic carbocycles. The van der Waals surface area contributed by atoms with Crippen LogP contribution in [0.4, 0.5) is 9.18 Å². The van der Waals surface area contributed by atoms with E-state index in [4.69, 9.17) is 21.1 Å². The molecule has 0 aliphatic heterocycles. The van der Waals surface area contributed by atoms with Crippen LogP contribution in [0.3, 0.4) is 0 Å². The summed E-state index contributed by atoms with van der Waals surface area (Å²) in [5.41, 5.74) is 0.779. The summed E-state index contributed by atoms with van der Waals surface area (Å²) in [7, 11) is 1.53. The standard InChI is InChI=1S/C21H26ClFN2O3/c1-5-28-19-16(22)10-14(11-18(19)27-4)12-24-20(26)25-13-21(2,3)15-8-6-7-9-17(15)23/h6-11H,5,12-13H2,1-4H3,(H2,24,25,26). The molecule has 7 heteroatoms. The third-order valence-corrected chi connectivity index (χ3v) is 4.61. The van der Waals surface area contributed by atoms with Crippen LogP contribution in [0.2, 0.25) is 5.02 Å². The average Bonchev–Trinajstić information content (AvgIpc) is 2.66. The van der Waals surface area contributed by atoms with Crippen LogP contribution in [0.15, 0.2) is 36.4 Å². The molecule has 0 heterocycles. The first-order valence-electron chi connectivity index (χ1n) is 9.04. The third-order valence-electron chi connectivity index (χ3n) is 4.32. The first kappa shape index (κ1) is 21.8. The van der Waals surface area contributed by atoms with Crippen molar-refractivity contribution in [3.63, 3.8) is 0 Å². The van der Waals surface area contributed by atoms with Gasteiger partial charge in [-0.3, -0.25) is 0 Å². The van der Waals surface area contributed by atoms with E-state index in [-0.39, 0.29) is 24.9 Å². The van der Waals surface area contributed by atoms with Crippen LogP contribution < -0.4 is 20.1 Å². The molecule has 0 radical (unpaired) electrons. The van der Waals surface area contributed by atoms with E-state index in [1.54, 1.807) is 30.3 Å².